The second-order valence-electron chi connectivity index (χ2n) is 6.98. The van der Waals surface area contributed by atoms with Crippen molar-refractivity contribution in [2.45, 2.75) is 25.9 Å². The van der Waals surface area contributed by atoms with Gasteiger partial charge in [-0.05, 0) is 58.7 Å². The van der Waals surface area contributed by atoms with E-state index in [0.717, 1.165) is 34.2 Å². The molecule has 1 atom stereocenters. The molecule has 0 aromatic heterocycles. The lowest BCUT2D eigenvalue weighted by atomic mass is 9.96. The van der Waals surface area contributed by atoms with Gasteiger partial charge in [-0.3, -0.25) is 5.26 Å². The largest absolute Gasteiger partial charge is 0.251 e. The highest BCUT2D eigenvalue weighted by atomic mass is 17.1. The zero-order valence-electron chi connectivity index (χ0n) is 16.3. The molecule has 3 rings (SSSR count). The van der Waals surface area contributed by atoms with Crippen molar-refractivity contribution >= 4 is 12.2 Å². The second kappa shape index (κ2) is 9.32. The minimum absolute atomic E-state index is 0.350. The molecule has 2 heteroatoms. The Balaban J connectivity index is 1.69. The molecule has 142 valence electrons. The Morgan fingerprint density at radius 3 is 2.07 bits per heavy atom. The fraction of sp³-hybridized carbons (Fsp3) is 0.154. The van der Waals surface area contributed by atoms with Crippen LogP contribution in [0.25, 0.3) is 23.3 Å². The summed E-state index contributed by atoms with van der Waals surface area (Å²) in [5.41, 5.74) is 7.93. The Bertz CT molecular complexity index is 937. The van der Waals surface area contributed by atoms with Gasteiger partial charge >= 0.3 is 0 Å². The van der Waals surface area contributed by atoms with Crippen LogP contribution in [0.3, 0.4) is 0 Å². The fourth-order valence-electron chi connectivity index (χ4n) is 3.40. The molecule has 0 radical (unpaired) electrons. The zero-order valence-corrected chi connectivity index (χ0v) is 16.3. The first-order chi connectivity index (χ1) is 13.6. The molecule has 2 nitrogen and oxygen atoms in total. The Kier molecular flexibility index (Phi) is 6.59. The van der Waals surface area contributed by atoms with Crippen LogP contribution in [0.1, 0.15) is 40.3 Å². The first-order valence-electron chi connectivity index (χ1n) is 9.49. The van der Waals surface area contributed by atoms with E-state index < -0.39 is 0 Å². The number of hydrogen-bond acceptors (Lipinski definition) is 2. The number of hydrogen-bond donors (Lipinski definition) is 1. The van der Waals surface area contributed by atoms with E-state index in [4.69, 9.17) is 4.89 Å². The van der Waals surface area contributed by atoms with Crippen LogP contribution in [-0.4, -0.2) is 5.26 Å². The molecule has 0 saturated carbocycles. The van der Waals surface area contributed by atoms with Gasteiger partial charge in [-0.25, -0.2) is 4.89 Å². The number of benzene rings is 3. The van der Waals surface area contributed by atoms with Crippen LogP contribution in [0.2, 0.25) is 0 Å². The molecule has 0 aliphatic heterocycles. The Morgan fingerprint density at radius 1 is 0.893 bits per heavy atom. The molecule has 1 N–H and O–H groups in total. The van der Waals surface area contributed by atoms with Crippen LogP contribution < -0.4 is 0 Å². The molecule has 0 aliphatic carbocycles. The summed E-state index contributed by atoms with van der Waals surface area (Å²) in [6.45, 7) is 9.70. The van der Waals surface area contributed by atoms with E-state index in [9.17, 15) is 5.26 Å². The summed E-state index contributed by atoms with van der Waals surface area (Å²) in [5, 5.41) is 9.42. The molecular formula is C26H26O2. The van der Waals surface area contributed by atoms with Crippen molar-refractivity contribution in [1.29, 1.82) is 0 Å². The summed E-state index contributed by atoms with van der Waals surface area (Å²) in [7, 11) is 0. The minimum atomic E-state index is -0.350. The summed E-state index contributed by atoms with van der Waals surface area (Å²) in [6, 6.07) is 22.8. The van der Waals surface area contributed by atoms with Crippen LogP contribution in [0.5, 0.6) is 0 Å². The summed E-state index contributed by atoms with van der Waals surface area (Å²) >= 11 is 0. The monoisotopic (exact) mass is 370 g/mol. The SMILES string of the molecule is C=Cc1ccc(-c2ccc(C(CCc3ccc(C=C)c(C)c3)OO)cc2)cc1. The van der Waals surface area contributed by atoms with E-state index in [2.05, 4.69) is 74.7 Å². The highest BCUT2D eigenvalue weighted by Crippen LogP contribution is 2.27. The van der Waals surface area contributed by atoms with Crippen LogP contribution in [0.15, 0.2) is 79.9 Å². The first-order valence-corrected chi connectivity index (χ1v) is 9.49. The van der Waals surface area contributed by atoms with Gasteiger partial charge in [-0.1, -0.05) is 92.0 Å². The molecule has 0 heterocycles. The lowest BCUT2D eigenvalue weighted by Gasteiger charge is -2.15. The molecule has 0 saturated heterocycles. The predicted octanol–water partition coefficient (Wildman–Crippen LogP) is 7.11. The Morgan fingerprint density at radius 2 is 1.54 bits per heavy atom. The standard InChI is InChI=1S/C26H26O2/c1-4-20-6-11-23(12-7-20)24-13-15-25(16-14-24)26(28-27)17-9-21-8-10-22(5-2)19(3)18-21/h4-8,10-16,18,26-27H,1-2,9,17H2,3H3. The average molecular weight is 370 g/mol. The van der Waals surface area contributed by atoms with E-state index in [1.807, 2.05) is 24.3 Å². The quantitative estimate of drug-likeness (QED) is 0.338. The molecule has 3 aromatic carbocycles. The highest BCUT2D eigenvalue weighted by Gasteiger charge is 2.13. The van der Waals surface area contributed by atoms with E-state index in [1.54, 1.807) is 0 Å². The van der Waals surface area contributed by atoms with Gasteiger partial charge in [0.2, 0.25) is 0 Å². The van der Waals surface area contributed by atoms with Crippen molar-refractivity contribution < 1.29 is 10.1 Å². The van der Waals surface area contributed by atoms with Crippen molar-refractivity contribution in [3.8, 4) is 11.1 Å². The van der Waals surface area contributed by atoms with Gasteiger partial charge in [0.25, 0.3) is 0 Å². The maximum atomic E-state index is 9.42. The number of aryl methyl sites for hydroxylation is 2. The van der Waals surface area contributed by atoms with E-state index >= 15 is 0 Å². The van der Waals surface area contributed by atoms with Gasteiger partial charge in [0.05, 0.1) is 0 Å². The Hall–Kier alpha value is -2.94. The summed E-state index contributed by atoms with van der Waals surface area (Å²) in [5.74, 6) is 0. The summed E-state index contributed by atoms with van der Waals surface area (Å²) in [4.78, 5) is 4.78. The first kappa shape index (κ1) is 19.8. The normalized spacial score (nSPS) is 11.8. The zero-order chi connectivity index (χ0) is 19.9. The molecule has 3 aromatic rings. The molecule has 0 bridgehead atoms. The summed E-state index contributed by atoms with van der Waals surface area (Å²) < 4.78 is 0. The average Bonchev–Trinajstić information content (AvgIpc) is 2.75. The third kappa shape index (κ3) is 4.66. The fourth-order valence-corrected chi connectivity index (χ4v) is 3.40. The molecule has 0 fully saturated rings. The smallest absolute Gasteiger partial charge is 0.118 e. The van der Waals surface area contributed by atoms with Crippen molar-refractivity contribution in [2.24, 2.45) is 0 Å². The van der Waals surface area contributed by atoms with Crippen LogP contribution in [-0.2, 0) is 11.3 Å². The van der Waals surface area contributed by atoms with Gasteiger partial charge < -0.3 is 0 Å². The van der Waals surface area contributed by atoms with E-state index in [1.165, 1.54) is 11.1 Å². The van der Waals surface area contributed by atoms with Gasteiger partial charge in [-0.2, -0.15) is 0 Å². The van der Waals surface area contributed by atoms with Crippen molar-refractivity contribution in [3.63, 3.8) is 0 Å². The third-order valence-corrected chi connectivity index (χ3v) is 5.14. The molecule has 0 spiro atoms. The summed E-state index contributed by atoms with van der Waals surface area (Å²) in [6.07, 6.45) is 4.88. The molecule has 0 aliphatic rings. The molecule has 28 heavy (non-hydrogen) atoms. The highest BCUT2D eigenvalue weighted by molar-refractivity contribution is 5.65. The minimum Gasteiger partial charge on any atom is -0.251 e. The molecule has 1 unspecified atom stereocenters. The van der Waals surface area contributed by atoms with Gasteiger partial charge in [0, 0.05) is 0 Å². The third-order valence-electron chi connectivity index (χ3n) is 5.14. The maximum Gasteiger partial charge on any atom is 0.118 e. The van der Waals surface area contributed by atoms with Gasteiger partial charge in [0.1, 0.15) is 6.10 Å². The second-order valence-corrected chi connectivity index (χ2v) is 6.98. The predicted molar refractivity (Wildman–Crippen MR) is 118 cm³/mol. The van der Waals surface area contributed by atoms with Gasteiger partial charge in [-0.15, -0.1) is 0 Å². The molecular weight excluding hydrogens is 344 g/mol. The molecule has 0 amide bonds. The van der Waals surface area contributed by atoms with Gasteiger partial charge in [0.15, 0.2) is 0 Å². The number of rotatable bonds is 8. The maximum absolute atomic E-state index is 9.42. The van der Waals surface area contributed by atoms with Crippen LogP contribution in [0.4, 0.5) is 0 Å². The Labute approximate surface area is 167 Å². The van der Waals surface area contributed by atoms with E-state index in [0.29, 0.717) is 6.42 Å². The van der Waals surface area contributed by atoms with Crippen molar-refractivity contribution in [3.05, 3.63) is 108 Å². The lowest BCUT2D eigenvalue weighted by Crippen LogP contribution is -2.04. The van der Waals surface area contributed by atoms with Crippen molar-refractivity contribution in [2.75, 3.05) is 0 Å². The topological polar surface area (TPSA) is 29.5 Å². The van der Waals surface area contributed by atoms with Crippen molar-refractivity contribution in [1.82, 2.24) is 0 Å². The van der Waals surface area contributed by atoms with Crippen LogP contribution >= 0.6 is 0 Å². The van der Waals surface area contributed by atoms with Crippen LogP contribution in [0, 0.1) is 6.92 Å². The van der Waals surface area contributed by atoms with E-state index in [-0.39, 0.29) is 6.10 Å². The lowest BCUT2D eigenvalue weighted by molar-refractivity contribution is -0.283.